The summed E-state index contributed by atoms with van der Waals surface area (Å²) < 4.78 is 16.1. The van der Waals surface area contributed by atoms with Gasteiger partial charge in [-0.15, -0.1) is 0 Å². The van der Waals surface area contributed by atoms with Crippen molar-refractivity contribution in [2.45, 2.75) is 13.1 Å². The Balaban J connectivity index is 1.57. The van der Waals surface area contributed by atoms with Gasteiger partial charge >= 0.3 is 0 Å². The first-order chi connectivity index (χ1) is 14.1. The molecule has 148 valence electrons. The van der Waals surface area contributed by atoms with E-state index in [4.69, 9.17) is 13.9 Å². The number of carbonyl (C=O) groups is 2. The number of ether oxygens (including phenoxy) is 2. The molecule has 0 saturated heterocycles. The van der Waals surface area contributed by atoms with E-state index in [0.717, 1.165) is 5.56 Å². The summed E-state index contributed by atoms with van der Waals surface area (Å²) in [5.41, 5.74) is 1.97. The largest absolute Gasteiger partial charge is 0.467 e. The summed E-state index contributed by atoms with van der Waals surface area (Å²) >= 11 is 0. The summed E-state index contributed by atoms with van der Waals surface area (Å²) in [6.07, 6.45) is 1.58. The second kappa shape index (κ2) is 8.10. The maximum atomic E-state index is 13.2. The number of hydrogen-bond acceptors (Lipinski definition) is 5. The topological polar surface area (TPSA) is 81.0 Å². The van der Waals surface area contributed by atoms with Gasteiger partial charge in [0.05, 0.1) is 12.8 Å². The van der Waals surface area contributed by atoms with Crippen molar-refractivity contribution in [2.24, 2.45) is 0 Å². The van der Waals surface area contributed by atoms with Crippen LogP contribution in [-0.2, 0) is 13.1 Å². The Labute approximate surface area is 167 Å². The molecule has 0 unspecified atom stereocenters. The number of carbonyl (C=O) groups excluding carboxylic acids is 2. The quantitative estimate of drug-likeness (QED) is 0.697. The van der Waals surface area contributed by atoms with Crippen molar-refractivity contribution in [2.75, 3.05) is 13.8 Å². The fourth-order valence-electron chi connectivity index (χ4n) is 3.13. The van der Waals surface area contributed by atoms with Gasteiger partial charge in [0.15, 0.2) is 11.5 Å². The van der Waals surface area contributed by atoms with Crippen LogP contribution in [-0.4, -0.2) is 30.6 Å². The van der Waals surface area contributed by atoms with Gasteiger partial charge in [-0.3, -0.25) is 9.59 Å². The van der Waals surface area contributed by atoms with E-state index in [-0.39, 0.29) is 18.6 Å². The highest BCUT2D eigenvalue weighted by atomic mass is 16.7. The van der Waals surface area contributed by atoms with E-state index < -0.39 is 0 Å². The highest BCUT2D eigenvalue weighted by Crippen LogP contribution is 2.33. The molecular weight excluding hydrogens is 372 g/mol. The number of furan rings is 1. The van der Waals surface area contributed by atoms with E-state index in [2.05, 4.69) is 5.32 Å². The third-order valence-electron chi connectivity index (χ3n) is 4.65. The van der Waals surface area contributed by atoms with E-state index in [1.54, 1.807) is 54.6 Å². The second-order valence-corrected chi connectivity index (χ2v) is 6.58. The molecule has 0 radical (unpaired) electrons. The van der Waals surface area contributed by atoms with E-state index in [1.165, 1.54) is 0 Å². The van der Waals surface area contributed by atoms with E-state index in [1.807, 2.05) is 18.2 Å². The Kier molecular flexibility index (Phi) is 5.20. The minimum atomic E-state index is -0.157. The Morgan fingerprint density at radius 1 is 0.966 bits per heavy atom. The number of nitrogens with one attached hydrogen (secondary N) is 1. The molecule has 29 heavy (non-hydrogen) atoms. The zero-order valence-electron chi connectivity index (χ0n) is 15.9. The van der Waals surface area contributed by atoms with Crippen molar-refractivity contribution < 1.29 is 23.5 Å². The fourth-order valence-corrected chi connectivity index (χ4v) is 3.13. The van der Waals surface area contributed by atoms with Crippen LogP contribution < -0.4 is 14.8 Å². The normalized spacial score (nSPS) is 11.9. The molecule has 1 aromatic heterocycles. The maximum Gasteiger partial charge on any atom is 0.254 e. The summed E-state index contributed by atoms with van der Waals surface area (Å²) in [5.74, 6) is 1.56. The highest BCUT2D eigenvalue weighted by molar-refractivity contribution is 5.95. The molecule has 0 fully saturated rings. The summed E-state index contributed by atoms with van der Waals surface area (Å²) in [4.78, 5) is 26.6. The Bertz CT molecular complexity index is 1010. The van der Waals surface area contributed by atoms with E-state index >= 15 is 0 Å². The van der Waals surface area contributed by atoms with Crippen LogP contribution in [0.25, 0.3) is 0 Å². The first-order valence-electron chi connectivity index (χ1n) is 9.16. The number of nitrogens with zero attached hydrogens (tertiary/aromatic N) is 1. The molecule has 3 aromatic rings. The van der Waals surface area contributed by atoms with Crippen molar-refractivity contribution >= 4 is 11.8 Å². The van der Waals surface area contributed by atoms with Crippen molar-refractivity contribution in [3.63, 3.8) is 0 Å². The molecule has 2 aromatic carbocycles. The predicted molar refractivity (Wildman–Crippen MR) is 105 cm³/mol. The van der Waals surface area contributed by atoms with Gasteiger partial charge < -0.3 is 24.1 Å². The minimum Gasteiger partial charge on any atom is -0.467 e. The first-order valence-corrected chi connectivity index (χ1v) is 9.16. The van der Waals surface area contributed by atoms with Gasteiger partial charge in [0.1, 0.15) is 5.76 Å². The molecule has 2 heterocycles. The SMILES string of the molecule is CNC(=O)c1ccc(CN(Cc2ccco2)C(=O)c2ccc3c(c2)OCO3)cc1. The van der Waals surface area contributed by atoms with Crippen molar-refractivity contribution in [1.29, 1.82) is 0 Å². The van der Waals surface area contributed by atoms with Crippen molar-refractivity contribution in [3.05, 3.63) is 83.3 Å². The van der Waals surface area contributed by atoms with Crippen LogP contribution in [0.2, 0.25) is 0 Å². The lowest BCUT2D eigenvalue weighted by molar-refractivity contribution is 0.0717. The van der Waals surface area contributed by atoms with Crippen molar-refractivity contribution in [3.8, 4) is 11.5 Å². The molecule has 0 atom stereocenters. The van der Waals surface area contributed by atoms with Gasteiger partial charge in [-0.05, 0) is 48.0 Å². The highest BCUT2D eigenvalue weighted by Gasteiger charge is 2.21. The van der Waals surface area contributed by atoms with Gasteiger partial charge in [-0.2, -0.15) is 0 Å². The van der Waals surface area contributed by atoms with Crippen LogP contribution in [0.15, 0.2) is 65.3 Å². The van der Waals surface area contributed by atoms with Gasteiger partial charge in [-0.25, -0.2) is 0 Å². The zero-order valence-corrected chi connectivity index (χ0v) is 15.9. The predicted octanol–water partition coefficient (Wildman–Crippen LogP) is 3.21. The molecule has 0 spiro atoms. The van der Waals surface area contributed by atoms with E-state index in [0.29, 0.717) is 41.5 Å². The van der Waals surface area contributed by atoms with Crippen LogP contribution in [0, 0.1) is 0 Å². The number of hydrogen-bond donors (Lipinski definition) is 1. The number of fused-ring (bicyclic) bond motifs is 1. The van der Waals surface area contributed by atoms with Gasteiger partial charge in [0.25, 0.3) is 11.8 Å². The molecule has 1 aliphatic rings. The molecule has 4 rings (SSSR count). The van der Waals surface area contributed by atoms with Gasteiger partial charge in [-0.1, -0.05) is 12.1 Å². The number of benzene rings is 2. The van der Waals surface area contributed by atoms with Crippen LogP contribution in [0.5, 0.6) is 11.5 Å². The van der Waals surface area contributed by atoms with Gasteiger partial charge in [0.2, 0.25) is 6.79 Å². The van der Waals surface area contributed by atoms with Crippen LogP contribution >= 0.6 is 0 Å². The zero-order chi connectivity index (χ0) is 20.2. The lowest BCUT2D eigenvalue weighted by atomic mass is 10.1. The Hall–Kier alpha value is -3.74. The van der Waals surface area contributed by atoms with E-state index in [9.17, 15) is 9.59 Å². The van der Waals surface area contributed by atoms with Crippen LogP contribution in [0.1, 0.15) is 32.0 Å². The molecule has 0 bridgehead atoms. The Morgan fingerprint density at radius 3 is 2.45 bits per heavy atom. The monoisotopic (exact) mass is 392 g/mol. The molecule has 2 amide bonds. The third kappa shape index (κ3) is 4.08. The second-order valence-electron chi connectivity index (χ2n) is 6.58. The van der Waals surface area contributed by atoms with Crippen LogP contribution in [0.4, 0.5) is 0 Å². The smallest absolute Gasteiger partial charge is 0.254 e. The van der Waals surface area contributed by atoms with Crippen molar-refractivity contribution in [1.82, 2.24) is 10.2 Å². The summed E-state index contributed by atoms with van der Waals surface area (Å²) in [7, 11) is 1.59. The standard InChI is InChI=1S/C22H20N2O5/c1-23-21(25)16-6-4-15(5-7-16)12-24(13-18-3-2-10-27-18)22(26)17-8-9-19-20(11-17)29-14-28-19/h2-11H,12-14H2,1H3,(H,23,25). The third-order valence-corrected chi connectivity index (χ3v) is 4.65. The maximum absolute atomic E-state index is 13.2. The fraction of sp³-hybridized carbons (Fsp3) is 0.182. The minimum absolute atomic E-state index is 0.152. The molecular formula is C22H20N2O5. The molecule has 7 nitrogen and oxygen atoms in total. The summed E-state index contributed by atoms with van der Waals surface area (Å²) in [5, 5.41) is 2.59. The molecule has 7 heteroatoms. The molecule has 0 aliphatic carbocycles. The summed E-state index contributed by atoms with van der Waals surface area (Å²) in [6, 6.07) is 15.9. The molecule has 1 aliphatic heterocycles. The number of amides is 2. The lowest BCUT2D eigenvalue weighted by Crippen LogP contribution is -2.30. The first kappa shape index (κ1) is 18.6. The lowest BCUT2D eigenvalue weighted by Gasteiger charge is -2.22. The molecule has 1 N–H and O–H groups in total. The van der Waals surface area contributed by atoms with Gasteiger partial charge in [0, 0.05) is 24.7 Å². The molecule has 0 saturated carbocycles. The van der Waals surface area contributed by atoms with Crippen LogP contribution in [0.3, 0.4) is 0 Å². The Morgan fingerprint density at radius 2 is 1.72 bits per heavy atom. The summed E-state index contributed by atoms with van der Waals surface area (Å²) in [6.45, 7) is 0.834. The average Bonchev–Trinajstić information content (AvgIpc) is 3.44. The average molecular weight is 392 g/mol. The number of rotatable bonds is 6.